The molecule has 0 radical (unpaired) electrons. The van der Waals surface area contributed by atoms with Crippen molar-refractivity contribution in [3.8, 4) is 5.69 Å². The summed E-state index contributed by atoms with van der Waals surface area (Å²) in [4.78, 5) is 25.8. The number of nitrogens with one attached hydrogen (secondary N) is 1. The summed E-state index contributed by atoms with van der Waals surface area (Å²) in [6, 6.07) is 9.89. The Morgan fingerprint density at radius 2 is 2.07 bits per heavy atom. The highest BCUT2D eigenvalue weighted by Gasteiger charge is 2.14. The van der Waals surface area contributed by atoms with E-state index in [4.69, 9.17) is 16.3 Å². The van der Waals surface area contributed by atoms with E-state index in [9.17, 15) is 14.9 Å². The number of methoxy groups -OCH3 is 1. The van der Waals surface area contributed by atoms with Crippen molar-refractivity contribution in [3.63, 3.8) is 0 Å². The second kappa shape index (κ2) is 8.75. The fourth-order valence-electron chi connectivity index (χ4n) is 2.96. The van der Waals surface area contributed by atoms with E-state index in [1.807, 2.05) is 24.5 Å². The molecule has 0 fully saturated rings. The van der Waals surface area contributed by atoms with E-state index in [0.29, 0.717) is 16.4 Å². The predicted molar refractivity (Wildman–Crippen MR) is 114 cm³/mol. The third-order valence-electron chi connectivity index (χ3n) is 4.43. The van der Waals surface area contributed by atoms with Crippen LogP contribution in [0.3, 0.4) is 0 Å². The second-order valence-corrected chi connectivity index (χ2v) is 6.75. The summed E-state index contributed by atoms with van der Waals surface area (Å²) < 4.78 is 6.70. The molecule has 0 aliphatic rings. The molecule has 0 amide bonds. The third-order valence-corrected chi connectivity index (χ3v) is 4.74. The molecule has 30 heavy (non-hydrogen) atoms. The number of carbonyl (C=O) groups excluding carboxylic acids is 1. The number of esters is 1. The normalized spacial score (nSPS) is 10.9. The number of anilines is 1. The number of aryl methyl sites for hydroxylation is 1. The van der Waals surface area contributed by atoms with Crippen LogP contribution in [0, 0.1) is 24.0 Å². The Kier molecular flexibility index (Phi) is 6.12. The fourth-order valence-corrected chi connectivity index (χ4v) is 3.21. The van der Waals surface area contributed by atoms with Crippen molar-refractivity contribution in [2.75, 3.05) is 12.5 Å². The minimum atomic E-state index is -0.515. The van der Waals surface area contributed by atoms with Crippen LogP contribution in [0.1, 0.15) is 27.3 Å². The van der Waals surface area contributed by atoms with Crippen LogP contribution >= 0.6 is 11.6 Å². The average molecular weight is 428 g/mol. The van der Waals surface area contributed by atoms with Gasteiger partial charge in [0.1, 0.15) is 12.0 Å². The zero-order valence-electron chi connectivity index (χ0n) is 16.4. The van der Waals surface area contributed by atoms with Crippen LogP contribution in [-0.4, -0.2) is 33.8 Å². The van der Waals surface area contributed by atoms with E-state index in [2.05, 4.69) is 15.5 Å². The summed E-state index contributed by atoms with van der Waals surface area (Å²) in [6.45, 7) is 3.87. The maximum absolute atomic E-state index is 11.7. The lowest BCUT2D eigenvalue weighted by molar-refractivity contribution is -0.385. The molecule has 2 heterocycles. The van der Waals surface area contributed by atoms with E-state index in [1.54, 1.807) is 24.4 Å². The van der Waals surface area contributed by atoms with Crippen LogP contribution in [0.15, 0.2) is 47.7 Å². The van der Waals surface area contributed by atoms with Crippen molar-refractivity contribution >= 4 is 35.3 Å². The highest BCUT2D eigenvalue weighted by atomic mass is 35.5. The maximum atomic E-state index is 11.7. The lowest BCUT2D eigenvalue weighted by Gasteiger charge is -2.11. The largest absolute Gasteiger partial charge is 0.465 e. The summed E-state index contributed by atoms with van der Waals surface area (Å²) in [5, 5.41) is 15.1. The van der Waals surface area contributed by atoms with Gasteiger partial charge in [0.2, 0.25) is 0 Å². The Labute approximate surface area is 177 Å². The minimum absolute atomic E-state index is 0.0926. The third kappa shape index (κ3) is 4.31. The number of halogens is 1. The number of hydrazone groups is 1. The van der Waals surface area contributed by atoms with Crippen molar-refractivity contribution < 1.29 is 14.5 Å². The molecule has 0 aliphatic carbocycles. The number of aromatic nitrogens is 2. The molecule has 1 N–H and O–H groups in total. The maximum Gasteiger partial charge on any atom is 0.339 e. The molecule has 154 valence electrons. The summed E-state index contributed by atoms with van der Waals surface area (Å²) in [5.41, 5.74) is 6.47. The van der Waals surface area contributed by atoms with Gasteiger partial charge >= 0.3 is 5.97 Å². The predicted octanol–water partition coefficient (Wildman–Crippen LogP) is 4.28. The first-order valence-corrected chi connectivity index (χ1v) is 9.16. The number of nitro groups is 1. The molecule has 10 heteroatoms. The first-order valence-electron chi connectivity index (χ1n) is 8.78. The number of hydrogen-bond acceptors (Lipinski definition) is 7. The van der Waals surface area contributed by atoms with E-state index < -0.39 is 10.9 Å². The van der Waals surface area contributed by atoms with Crippen molar-refractivity contribution in [2.24, 2.45) is 5.10 Å². The summed E-state index contributed by atoms with van der Waals surface area (Å²) in [7, 11) is 1.30. The van der Waals surface area contributed by atoms with E-state index in [-0.39, 0.29) is 5.69 Å². The monoisotopic (exact) mass is 427 g/mol. The molecule has 0 spiro atoms. The molecule has 0 bridgehead atoms. The topological polar surface area (TPSA) is 112 Å². The Balaban J connectivity index is 1.82. The molecule has 3 rings (SSSR count). The molecule has 0 saturated heterocycles. The highest BCUT2D eigenvalue weighted by Crippen LogP contribution is 2.25. The lowest BCUT2D eigenvalue weighted by Crippen LogP contribution is -2.05. The Bertz CT molecular complexity index is 1140. The van der Waals surface area contributed by atoms with E-state index in [0.717, 1.165) is 28.8 Å². The Hall–Kier alpha value is -3.72. The van der Waals surface area contributed by atoms with Crippen LogP contribution < -0.4 is 5.43 Å². The van der Waals surface area contributed by atoms with Crippen molar-refractivity contribution in [1.82, 2.24) is 9.55 Å². The molecule has 0 saturated carbocycles. The van der Waals surface area contributed by atoms with Gasteiger partial charge in [-0.2, -0.15) is 5.10 Å². The van der Waals surface area contributed by atoms with Crippen LogP contribution in [0.25, 0.3) is 5.69 Å². The van der Waals surface area contributed by atoms with Crippen molar-refractivity contribution in [1.29, 1.82) is 0 Å². The van der Waals surface area contributed by atoms with Gasteiger partial charge in [0.25, 0.3) is 5.69 Å². The van der Waals surface area contributed by atoms with Crippen LogP contribution in [-0.2, 0) is 4.74 Å². The van der Waals surface area contributed by atoms with Gasteiger partial charge in [-0.15, -0.1) is 0 Å². The zero-order chi connectivity index (χ0) is 21.8. The number of benzene rings is 1. The molecule has 0 unspecified atom stereocenters. The number of hydrogen-bond donors (Lipinski definition) is 1. The number of ether oxygens (including phenoxy) is 1. The number of nitrogens with zero attached hydrogens (tertiary/aromatic N) is 4. The summed E-state index contributed by atoms with van der Waals surface area (Å²) >= 11 is 6.25. The fraction of sp³-hybridized carbons (Fsp3) is 0.150. The Morgan fingerprint density at radius 3 is 2.67 bits per heavy atom. The SMILES string of the molecule is COC(=O)c1ccc(-n2c(C)cc(/C=N/Nc3ccc([N+](=O)[O-])cn3)c2C)cc1Cl. The minimum Gasteiger partial charge on any atom is -0.465 e. The highest BCUT2D eigenvalue weighted by molar-refractivity contribution is 6.33. The smallest absolute Gasteiger partial charge is 0.339 e. The average Bonchev–Trinajstić information content (AvgIpc) is 3.01. The molecule has 2 aromatic heterocycles. The summed E-state index contributed by atoms with van der Waals surface area (Å²) in [6.07, 6.45) is 2.79. The quantitative estimate of drug-likeness (QED) is 0.272. The number of pyridine rings is 1. The van der Waals surface area contributed by atoms with Gasteiger partial charge in [0, 0.05) is 28.7 Å². The number of carbonyl (C=O) groups is 1. The van der Waals surface area contributed by atoms with Gasteiger partial charge in [-0.25, -0.2) is 9.78 Å². The van der Waals surface area contributed by atoms with Gasteiger partial charge in [0.15, 0.2) is 0 Å². The molecule has 1 aromatic carbocycles. The second-order valence-electron chi connectivity index (χ2n) is 6.35. The standard InChI is InChI=1S/C20H18ClN5O4/c1-12-8-14(10-23-24-19-7-5-16(11-22-19)26(28)29)13(2)25(12)15-4-6-17(18(21)9-15)20(27)30-3/h4-11H,1-3H3,(H,22,24)/b23-10+. The molecular formula is C20H18ClN5O4. The zero-order valence-corrected chi connectivity index (χ0v) is 17.2. The Morgan fingerprint density at radius 1 is 1.30 bits per heavy atom. The number of rotatable bonds is 6. The summed E-state index contributed by atoms with van der Waals surface area (Å²) in [5.74, 6) is -0.109. The molecule has 9 nitrogen and oxygen atoms in total. The first-order chi connectivity index (χ1) is 14.3. The van der Waals surface area contributed by atoms with Gasteiger partial charge in [-0.05, 0) is 44.2 Å². The van der Waals surface area contributed by atoms with Crippen LogP contribution in [0.5, 0.6) is 0 Å². The molecule has 0 aliphatic heterocycles. The van der Waals surface area contributed by atoms with Gasteiger partial charge in [-0.3, -0.25) is 15.5 Å². The van der Waals surface area contributed by atoms with Crippen molar-refractivity contribution in [2.45, 2.75) is 13.8 Å². The van der Waals surface area contributed by atoms with Gasteiger partial charge < -0.3 is 9.30 Å². The van der Waals surface area contributed by atoms with Gasteiger partial charge in [-0.1, -0.05) is 11.6 Å². The van der Waals surface area contributed by atoms with Gasteiger partial charge in [0.05, 0.1) is 28.8 Å². The van der Waals surface area contributed by atoms with E-state index in [1.165, 1.54) is 19.2 Å². The lowest BCUT2D eigenvalue weighted by atomic mass is 10.2. The molecule has 3 aromatic rings. The van der Waals surface area contributed by atoms with Crippen LogP contribution in [0.2, 0.25) is 5.02 Å². The van der Waals surface area contributed by atoms with Crippen LogP contribution in [0.4, 0.5) is 11.5 Å². The molecule has 0 atom stereocenters. The molecular weight excluding hydrogens is 410 g/mol. The van der Waals surface area contributed by atoms with Crippen molar-refractivity contribution in [3.05, 3.63) is 80.2 Å². The first kappa shape index (κ1) is 21.0. The van der Waals surface area contributed by atoms with E-state index >= 15 is 0 Å².